The Morgan fingerprint density at radius 2 is 1.00 bits per heavy atom. The highest BCUT2D eigenvalue weighted by Crippen LogP contribution is 2.43. The maximum Gasteiger partial charge on any atom is 0.304 e. The number of hydrogen-bond acceptors (Lipinski definition) is 4. The van der Waals surface area contributed by atoms with E-state index in [0.29, 0.717) is 0 Å². The molecule has 132 valence electrons. The molecule has 6 heteroatoms. The molecule has 0 amide bonds. The topological polar surface area (TPSA) is 109 Å². The summed E-state index contributed by atoms with van der Waals surface area (Å²) in [5.74, 6) is -2.88. The van der Waals surface area contributed by atoms with Crippen LogP contribution in [0.2, 0.25) is 0 Å². The van der Waals surface area contributed by atoms with E-state index in [1.165, 1.54) is 13.8 Å². The molecule has 0 fully saturated rings. The normalized spacial score (nSPS) is 16.8. The van der Waals surface area contributed by atoms with Crippen molar-refractivity contribution in [3.63, 3.8) is 0 Å². The fourth-order valence-corrected chi connectivity index (χ4v) is 3.51. The van der Waals surface area contributed by atoms with Crippen LogP contribution in [-0.4, -0.2) is 33.7 Å². The van der Waals surface area contributed by atoms with Crippen molar-refractivity contribution in [2.24, 2.45) is 10.8 Å². The first-order valence-corrected chi connectivity index (χ1v) is 7.68. The Kier molecular flexibility index (Phi) is 5.23. The number of hydrogen-bond donors (Lipinski definition) is 2. The summed E-state index contributed by atoms with van der Waals surface area (Å²) in [6, 6.07) is 0. The van der Waals surface area contributed by atoms with Crippen LogP contribution in [0.4, 0.5) is 0 Å². The molecule has 0 aromatic heterocycles. The summed E-state index contributed by atoms with van der Waals surface area (Å²) in [5.41, 5.74) is -1.20. The number of carbonyl (C=O) groups is 4. The van der Waals surface area contributed by atoms with Gasteiger partial charge in [-0.3, -0.25) is 19.2 Å². The predicted octanol–water partition coefficient (Wildman–Crippen LogP) is 2.77. The highest BCUT2D eigenvalue weighted by Gasteiger charge is 2.43. The van der Waals surface area contributed by atoms with E-state index >= 15 is 0 Å². The van der Waals surface area contributed by atoms with Crippen molar-refractivity contribution in [3.05, 3.63) is 22.3 Å². The van der Waals surface area contributed by atoms with E-state index < -0.39 is 22.8 Å². The third kappa shape index (κ3) is 3.63. The summed E-state index contributed by atoms with van der Waals surface area (Å²) in [5, 5.41) is 18.1. The third-order valence-corrected chi connectivity index (χ3v) is 4.43. The van der Waals surface area contributed by atoms with Gasteiger partial charge >= 0.3 is 11.9 Å². The van der Waals surface area contributed by atoms with Gasteiger partial charge in [0.05, 0.1) is 12.8 Å². The van der Waals surface area contributed by atoms with Crippen LogP contribution in [0.3, 0.4) is 0 Å². The van der Waals surface area contributed by atoms with E-state index in [2.05, 4.69) is 0 Å². The molecule has 2 N–H and O–H groups in total. The lowest BCUT2D eigenvalue weighted by Gasteiger charge is -2.35. The fourth-order valence-electron chi connectivity index (χ4n) is 3.51. The molecule has 0 radical (unpaired) electrons. The van der Waals surface area contributed by atoms with Gasteiger partial charge in [0.15, 0.2) is 11.6 Å². The molecule has 0 aliphatic heterocycles. The van der Waals surface area contributed by atoms with Crippen molar-refractivity contribution >= 4 is 23.5 Å². The van der Waals surface area contributed by atoms with Crippen LogP contribution in [0.5, 0.6) is 0 Å². The largest absolute Gasteiger partial charge is 0.481 e. The molecule has 0 aromatic carbocycles. The molecule has 0 saturated heterocycles. The lowest BCUT2D eigenvalue weighted by molar-refractivity contribution is -0.140. The summed E-state index contributed by atoms with van der Waals surface area (Å²) in [4.78, 5) is 47.9. The SMILES string of the molecule is CC1=C(C(C)(C)CC(=O)O)C(=O)C(C)=C(C(C)(C)CC(=O)O)C1=O. The number of ketones is 2. The Morgan fingerprint density at radius 3 is 1.21 bits per heavy atom. The van der Waals surface area contributed by atoms with Gasteiger partial charge in [-0.15, -0.1) is 0 Å². The molecule has 24 heavy (non-hydrogen) atoms. The first kappa shape index (κ1) is 19.8. The second-order valence-electron chi connectivity index (χ2n) is 7.57. The van der Waals surface area contributed by atoms with Crippen molar-refractivity contribution in [1.29, 1.82) is 0 Å². The fraction of sp³-hybridized carbons (Fsp3) is 0.556. The monoisotopic (exact) mass is 336 g/mol. The summed E-state index contributed by atoms with van der Waals surface area (Å²) in [6.45, 7) is 9.47. The van der Waals surface area contributed by atoms with Gasteiger partial charge in [0.25, 0.3) is 0 Å². The van der Waals surface area contributed by atoms with Gasteiger partial charge in [-0.05, 0) is 13.8 Å². The van der Waals surface area contributed by atoms with Gasteiger partial charge in [-0.2, -0.15) is 0 Å². The lowest BCUT2D eigenvalue weighted by atomic mass is 9.66. The number of carbonyl (C=O) groups excluding carboxylic acids is 2. The molecule has 6 nitrogen and oxygen atoms in total. The van der Waals surface area contributed by atoms with Crippen molar-refractivity contribution in [2.45, 2.75) is 54.4 Å². The molecule has 0 saturated carbocycles. The molecule has 0 bridgehead atoms. The standard InChI is InChI=1S/C18H24O6/c1-9-13(17(3,4)7-11(19)20)16(24)10(2)14(15(9)23)18(5,6)8-12(21)22/h7-8H2,1-6H3,(H,19,20)(H,21,22). The predicted molar refractivity (Wildman–Crippen MR) is 87.5 cm³/mol. The van der Waals surface area contributed by atoms with E-state index in [1.807, 2.05) is 0 Å². The molecule has 0 spiro atoms. The zero-order valence-electron chi connectivity index (χ0n) is 14.9. The highest BCUT2D eigenvalue weighted by atomic mass is 16.4. The minimum atomic E-state index is -1.06. The van der Waals surface area contributed by atoms with E-state index in [-0.39, 0.29) is 46.7 Å². The van der Waals surface area contributed by atoms with Crippen LogP contribution in [0.15, 0.2) is 22.3 Å². The number of rotatable bonds is 6. The van der Waals surface area contributed by atoms with Gasteiger partial charge in [0.1, 0.15) is 0 Å². The second kappa shape index (κ2) is 6.34. The van der Waals surface area contributed by atoms with E-state index in [0.717, 1.165) is 0 Å². The van der Waals surface area contributed by atoms with Gasteiger partial charge in [-0.25, -0.2) is 0 Å². The van der Waals surface area contributed by atoms with Gasteiger partial charge in [0, 0.05) is 33.1 Å². The van der Waals surface area contributed by atoms with Crippen molar-refractivity contribution < 1.29 is 29.4 Å². The molecule has 1 aliphatic rings. The van der Waals surface area contributed by atoms with Crippen LogP contribution in [0.1, 0.15) is 54.4 Å². The molecule has 1 rings (SSSR count). The molecule has 0 atom stereocenters. The van der Waals surface area contributed by atoms with Crippen LogP contribution >= 0.6 is 0 Å². The summed E-state index contributed by atoms with van der Waals surface area (Å²) >= 11 is 0. The average Bonchev–Trinajstić information content (AvgIpc) is 2.32. The molecule has 0 heterocycles. The maximum absolute atomic E-state index is 12.8. The smallest absolute Gasteiger partial charge is 0.304 e. The Hall–Kier alpha value is -2.24. The average molecular weight is 336 g/mol. The van der Waals surface area contributed by atoms with Crippen LogP contribution in [0, 0.1) is 10.8 Å². The first-order valence-electron chi connectivity index (χ1n) is 7.68. The Morgan fingerprint density at radius 1 is 0.750 bits per heavy atom. The summed E-state index contributed by atoms with van der Waals surface area (Å²) in [6.07, 6.45) is -0.556. The number of Topliss-reactive ketones (excluding diaryl/α,β-unsaturated/α-hetero) is 2. The lowest BCUT2D eigenvalue weighted by Crippen LogP contribution is -2.36. The Bertz CT molecular complexity index is 628. The van der Waals surface area contributed by atoms with E-state index in [9.17, 15) is 19.2 Å². The zero-order valence-corrected chi connectivity index (χ0v) is 14.9. The van der Waals surface area contributed by atoms with Gasteiger partial charge in [0.2, 0.25) is 0 Å². The first-order chi connectivity index (χ1) is 10.7. The number of carboxylic acid groups (broad SMARTS) is 2. The van der Waals surface area contributed by atoms with Gasteiger partial charge < -0.3 is 10.2 Å². The molecule has 1 aliphatic carbocycles. The third-order valence-electron chi connectivity index (χ3n) is 4.43. The second-order valence-corrected chi connectivity index (χ2v) is 7.57. The van der Waals surface area contributed by atoms with Crippen LogP contribution < -0.4 is 0 Å². The van der Waals surface area contributed by atoms with Gasteiger partial charge in [-0.1, -0.05) is 27.7 Å². The van der Waals surface area contributed by atoms with Crippen molar-refractivity contribution in [3.8, 4) is 0 Å². The van der Waals surface area contributed by atoms with Crippen molar-refractivity contribution in [2.75, 3.05) is 0 Å². The molecular formula is C18H24O6. The minimum absolute atomic E-state index is 0.197. The number of carboxylic acids is 2. The van der Waals surface area contributed by atoms with Crippen LogP contribution in [-0.2, 0) is 19.2 Å². The van der Waals surface area contributed by atoms with Crippen molar-refractivity contribution in [1.82, 2.24) is 0 Å². The maximum atomic E-state index is 12.8. The highest BCUT2D eigenvalue weighted by molar-refractivity contribution is 6.25. The molecule has 0 aromatic rings. The van der Waals surface area contributed by atoms with E-state index in [4.69, 9.17) is 10.2 Å². The molecule has 0 unspecified atom stereocenters. The quantitative estimate of drug-likeness (QED) is 0.722. The Labute approximate surface area is 141 Å². The molecular weight excluding hydrogens is 312 g/mol. The van der Waals surface area contributed by atoms with Crippen LogP contribution in [0.25, 0.3) is 0 Å². The Balaban J connectivity index is 3.48. The summed E-state index contributed by atoms with van der Waals surface area (Å²) in [7, 11) is 0. The summed E-state index contributed by atoms with van der Waals surface area (Å²) < 4.78 is 0. The number of aliphatic carboxylic acids is 2. The zero-order chi connectivity index (χ0) is 19.0. The minimum Gasteiger partial charge on any atom is -0.481 e. The van der Waals surface area contributed by atoms with E-state index in [1.54, 1.807) is 27.7 Å². The number of allylic oxidation sites excluding steroid dienone is 4.